The predicted molar refractivity (Wildman–Crippen MR) is 117 cm³/mol. The molecule has 168 valence electrons. The van der Waals surface area contributed by atoms with Gasteiger partial charge in [-0.25, -0.2) is 18.2 Å². The van der Waals surface area contributed by atoms with Gasteiger partial charge in [0.2, 0.25) is 10.0 Å². The number of nitrogens with one attached hydrogen (secondary N) is 1. The molecule has 0 spiro atoms. The molecule has 1 amide bonds. The number of likely N-dealkylation sites (tertiary alicyclic amines) is 1. The van der Waals surface area contributed by atoms with E-state index < -0.39 is 10.0 Å². The van der Waals surface area contributed by atoms with Crippen LogP contribution in [0.15, 0.2) is 24.4 Å². The van der Waals surface area contributed by atoms with Crippen LogP contribution in [0.5, 0.6) is 5.75 Å². The number of anilines is 2. The molecule has 1 N–H and O–H groups in total. The zero-order chi connectivity index (χ0) is 22.0. The molecular weight excluding hydrogens is 420 g/mol. The molecule has 10 nitrogen and oxygen atoms in total. The highest BCUT2D eigenvalue weighted by molar-refractivity contribution is 7.92. The summed E-state index contributed by atoms with van der Waals surface area (Å²) in [7, 11) is -3.44. The Labute approximate surface area is 182 Å². The summed E-state index contributed by atoms with van der Waals surface area (Å²) in [6.07, 6.45) is 6.25. The molecule has 2 aromatic heterocycles. The summed E-state index contributed by atoms with van der Waals surface area (Å²) in [6, 6.07) is 5.13. The molecule has 0 unspecified atom stereocenters. The number of nitrogens with zero attached hydrogens (tertiary/aromatic N) is 5. The zero-order valence-corrected chi connectivity index (χ0v) is 18.6. The highest BCUT2D eigenvalue weighted by Gasteiger charge is 2.27. The lowest BCUT2D eigenvalue weighted by Crippen LogP contribution is -2.43. The number of carbonyl (C=O) groups is 1. The summed E-state index contributed by atoms with van der Waals surface area (Å²) < 4.78 is 32.4. The van der Waals surface area contributed by atoms with E-state index >= 15 is 0 Å². The van der Waals surface area contributed by atoms with Gasteiger partial charge in [0.05, 0.1) is 6.26 Å². The van der Waals surface area contributed by atoms with E-state index in [1.54, 1.807) is 4.90 Å². The van der Waals surface area contributed by atoms with Gasteiger partial charge in [-0.2, -0.15) is 4.68 Å². The van der Waals surface area contributed by atoms with Crippen molar-refractivity contribution in [2.75, 3.05) is 42.1 Å². The van der Waals surface area contributed by atoms with Gasteiger partial charge in [-0.1, -0.05) is 0 Å². The Balaban J connectivity index is 1.36. The second kappa shape index (κ2) is 8.74. The SMILES string of the molecule is Cc1ccc(OC2CCN(C(=O)n3ccc(NS(C)(=O)=O)n3)CC2)c(N2CCCC2)n1. The van der Waals surface area contributed by atoms with Crippen LogP contribution in [0.25, 0.3) is 0 Å². The number of piperidine rings is 1. The Morgan fingerprint density at radius 1 is 1.13 bits per heavy atom. The normalized spacial score (nSPS) is 17.7. The highest BCUT2D eigenvalue weighted by Crippen LogP contribution is 2.31. The van der Waals surface area contributed by atoms with Gasteiger partial charge in [0, 0.05) is 57.0 Å². The number of amides is 1. The largest absolute Gasteiger partial charge is 0.486 e. The maximum atomic E-state index is 12.7. The summed E-state index contributed by atoms with van der Waals surface area (Å²) in [5.41, 5.74) is 0.971. The number of sulfonamides is 1. The minimum absolute atomic E-state index is 0.00925. The van der Waals surface area contributed by atoms with Crippen LogP contribution in [0, 0.1) is 6.92 Å². The van der Waals surface area contributed by atoms with Gasteiger partial charge in [0.25, 0.3) is 0 Å². The van der Waals surface area contributed by atoms with Gasteiger partial charge in [0.1, 0.15) is 6.10 Å². The second-order valence-electron chi connectivity index (χ2n) is 8.08. The van der Waals surface area contributed by atoms with E-state index in [-0.39, 0.29) is 18.0 Å². The topological polar surface area (TPSA) is 110 Å². The Morgan fingerprint density at radius 3 is 2.52 bits per heavy atom. The van der Waals surface area contributed by atoms with E-state index in [9.17, 15) is 13.2 Å². The van der Waals surface area contributed by atoms with E-state index in [0.29, 0.717) is 25.9 Å². The van der Waals surface area contributed by atoms with E-state index in [4.69, 9.17) is 9.72 Å². The first kappa shape index (κ1) is 21.4. The summed E-state index contributed by atoms with van der Waals surface area (Å²) in [4.78, 5) is 21.4. The van der Waals surface area contributed by atoms with Crippen LogP contribution >= 0.6 is 0 Å². The van der Waals surface area contributed by atoms with Crippen molar-refractivity contribution in [3.8, 4) is 5.75 Å². The number of rotatable bonds is 5. The zero-order valence-electron chi connectivity index (χ0n) is 17.8. The van der Waals surface area contributed by atoms with Crippen LogP contribution in [0.3, 0.4) is 0 Å². The number of hydrogen-bond acceptors (Lipinski definition) is 7. The van der Waals surface area contributed by atoms with Crippen molar-refractivity contribution in [1.29, 1.82) is 0 Å². The molecule has 0 atom stereocenters. The average molecular weight is 449 g/mol. The highest BCUT2D eigenvalue weighted by atomic mass is 32.2. The van der Waals surface area contributed by atoms with Crippen LogP contribution in [0.4, 0.5) is 16.4 Å². The number of ether oxygens (including phenoxy) is 1. The van der Waals surface area contributed by atoms with Gasteiger partial charge in [-0.15, -0.1) is 5.10 Å². The Kier molecular flexibility index (Phi) is 6.03. The first-order valence-corrected chi connectivity index (χ1v) is 12.4. The van der Waals surface area contributed by atoms with Crippen molar-refractivity contribution < 1.29 is 17.9 Å². The van der Waals surface area contributed by atoms with Gasteiger partial charge in [-0.05, 0) is 31.9 Å². The van der Waals surface area contributed by atoms with Crippen LogP contribution in [-0.2, 0) is 10.0 Å². The van der Waals surface area contributed by atoms with Crippen molar-refractivity contribution in [3.63, 3.8) is 0 Å². The van der Waals surface area contributed by atoms with Crippen LogP contribution in [0.1, 0.15) is 31.4 Å². The minimum Gasteiger partial charge on any atom is -0.486 e. The fourth-order valence-corrected chi connectivity index (χ4v) is 4.43. The van der Waals surface area contributed by atoms with Crippen molar-refractivity contribution in [3.05, 3.63) is 30.1 Å². The molecule has 4 heterocycles. The molecular formula is C20H28N6O4S. The van der Waals surface area contributed by atoms with Gasteiger partial charge in [0.15, 0.2) is 17.4 Å². The van der Waals surface area contributed by atoms with Crippen molar-refractivity contribution in [1.82, 2.24) is 19.7 Å². The first-order chi connectivity index (χ1) is 14.8. The fraction of sp³-hybridized carbons (Fsp3) is 0.550. The summed E-state index contributed by atoms with van der Waals surface area (Å²) in [6.45, 7) is 5.06. The molecule has 2 saturated heterocycles. The van der Waals surface area contributed by atoms with E-state index in [1.807, 2.05) is 19.1 Å². The van der Waals surface area contributed by atoms with Crippen molar-refractivity contribution in [2.24, 2.45) is 0 Å². The number of pyridine rings is 1. The molecule has 31 heavy (non-hydrogen) atoms. The Hall–Kier alpha value is -2.82. The molecule has 0 aromatic carbocycles. The molecule has 2 fully saturated rings. The summed E-state index contributed by atoms with van der Waals surface area (Å²) in [5.74, 6) is 1.84. The predicted octanol–water partition coefficient (Wildman–Crippen LogP) is 2.07. The smallest absolute Gasteiger partial charge is 0.344 e. The molecule has 2 aliphatic heterocycles. The number of aryl methyl sites for hydroxylation is 1. The first-order valence-electron chi connectivity index (χ1n) is 10.5. The maximum Gasteiger partial charge on any atom is 0.344 e. The maximum absolute atomic E-state index is 12.7. The lowest BCUT2D eigenvalue weighted by Gasteiger charge is -2.32. The Morgan fingerprint density at radius 2 is 1.84 bits per heavy atom. The quantitative estimate of drug-likeness (QED) is 0.746. The summed E-state index contributed by atoms with van der Waals surface area (Å²) >= 11 is 0. The molecule has 0 radical (unpaired) electrons. The van der Waals surface area contributed by atoms with Crippen molar-refractivity contribution >= 4 is 27.7 Å². The summed E-state index contributed by atoms with van der Waals surface area (Å²) in [5, 5.41) is 4.01. The van der Waals surface area contributed by atoms with Crippen LogP contribution in [0.2, 0.25) is 0 Å². The average Bonchev–Trinajstić information content (AvgIpc) is 3.40. The third kappa shape index (κ3) is 5.27. The molecule has 2 aromatic rings. The molecule has 4 rings (SSSR count). The molecule has 0 saturated carbocycles. The minimum atomic E-state index is -3.44. The third-order valence-corrected chi connectivity index (χ3v) is 6.05. The van der Waals surface area contributed by atoms with E-state index in [1.165, 1.54) is 25.1 Å². The number of aromatic nitrogens is 3. The Bertz CT molecular complexity index is 1040. The monoisotopic (exact) mass is 448 g/mol. The molecule has 0 aliphatic carbocycles. The van der Waals surface area contributed by atoms with Gasteiger partial charge < -0.3 is 14.5 Å². The van der Waals surface area contributed by atoms with Gasteiger partial charge in [-0.3, -0.25) is 4.72 Å². The number of hydrogen-bond donors (Lipinski definition) is 1. The van der Waals surface area contributed by atoms with Crippen LogP contribution in [-0.4, -0.2) is 72.7 Å². The third-order valence-electron chi connectivity index (χ3n) is 5.47. The lowest BCUT2D eigenvalue weighted by atomic mass is 10.1. The second-order valence-corrected chi connectivity index (χ2v) is 9.82. The molecule has 2 aliphatic rings. The van der Waals surface area contributed by atoms with E-state index in [2.05, 4.69) is 14.7 Å². The van der Waals surface area contributed by atoms with Gasteiger partial charge >= 0.3 is 6.03 Å². The lowest BCUT2D eigenvalue weighted by molar-refractivity contribution is 0.110. The van der Waals surface area contributed by atoms with E-state index in [0.717, 1.165) is 41.3 Å². The van der Waals surface area contributed by atoms with Crippen molar-refractivity contribution in [2.45, 2.75) is 38.7 Å². The number of carbonyl (C=O) groups excluding carboxylic acids is 1. The fourth-order valence-electron chi connectivity index (χ4n) is 3.94. The molecule has 0 bridgehead atoms. The standard InChI is InChI=1S/C20H28N6O4S/c1-15-5-6-17(19(21-15)24-10-3-4-11-24)30-16-7-12-25(13-8-16)20(27)26-14-9-18(22-26)23-31(2,28)29/h5-6,9,14,16H,3-4,7-8,10-13H2,1-2H3,(H,22,23). The molecule has 11 heteroatoms. The van der Waals surface area contributed by atoms with Crippen LogP contribution < -0.4 is 14.4 Å².